The number of nitrogens with one attached hydrogen (secondary N) is 1. The van der Waals surface area contributed by atoms with E-state index in [0.29, 0.717) is 5.70 Å². The van der Waals surface area contributed by atoms with Gasteiger partial charge in [-0.05, 0) is 33.8 Å². The van der Waals surface area contributed by atoms with Crippen molar-refractivity contribution in [3.8, 4) is 0 Å². The van der Waals surface area contributed by atoms with Crippen LogP contribution in [-0.2, 0) is 0 Å². The summed E-state index contributed by atoms with van der Waals surface area (Å²) in [5, 5.41) is 14.1. The first-order valence-corrected chi connectivity index (χ1v) is 8.29. The molecule has 1 aliphatic rings. The summed E-state index contributed by atoms with van der Waals surface area (Å²) in [6, 6.07) is 0. The van der Waals surface area contributed by atoms with Crippen LogP contribution in [0.15, 0.2) is 18.0 Å². The molecule has 22 heavy (non-hydrogen) atoms. The van der Waals surface area contributed by atoms with E-state index in [0.717, 1.165) is 11.7 Å². The minimum absolute atomic E-state index is 0.283. The molecule has 0 saturated heterocycles. The first-order chi connectivity index (χ1) is 10.2. The van der Waals surface area contributed by atoms with Gasteiger partial charge < -0.3 is 10.5 Å². The van der Waals surface area contributed by atoms with Crippen LogP contribution in [0, 0.1) is 0 Å². The minimum Gasteiger partial charge on any atom is -0.323 e. The summed E-state index contributed by atoms with van der Waals surface area (Å²) in [5.41, 5.74) is -0.228. The normalized spacial score (nSPS) is 18.3. The molecule has 0 aliphatic carbocycles. The molecule has 0 atom stereocenters. The van der Waals surface area contributed by atoms with Crippen molar-refractivity contribution in [2.45, 2.75) is 66.5 Å². The summed E-state index contributed by atoms with van der Waals surface area (Å²) >= 11 is 0.986. The van der Waals surface area contributed by atoms with Gasteiger partial charge in [-0.1, -0.05) is 27.7 Å². The number of nitrogens with zero attached hydrogens (tertiary/aromatic N) is 3. The number of carbonyl (C=O) groups is 1. The fourth-order valence-corrected chi connectivity index (χ4v) is 2.48. The Balaban J connectivity index is 0.00000102. The molecule has 2 N–H and O–H groups in total. The highest BCUT2D eigenvalue weighted by molar-refractivity contribution is 6.99. The van der Waals surface area contributed by atoms with Crippen LogP contribution in [0.25, 0.3) is 0 Å². The van der Waals surface area contributed by atoms with E-state index in [9.17, 15) is 10.0 Å². The lowest BCUT2D eigenvalue weighted by atomic mass is 10.0. The van der Waals surface area contributed by atoms with Gasteiger partial charge in [-0.25, -0.2) is 0 Å². The molecule has 0 spiro atoms. The Labute approximate surface area is 137 Å². The molecule has 0 saturated carbocycles. The molecule has 2 rings (SSSR count). The number of hydroxylamine groups is 2. The number of amides is 1. The summed E-state index contributed by atoms with van der Waals surface area (Å²) < 4.78 is 7.66. The molecular weight excluding hydrogens is 300 g/mol. The maximum atomic E-state index is 11.9. The van der Waals surface area contributed by atoms with Crippen LogP contribution >= 0.6 is 11.7 Å². The lowest BCUT2D eigenvalue weighted by Gasteiger charge is -2.35. The second kappa shape index (κ2) is 8.36. The van der Waals surface area contributed by atoms with Gasteiger partial charge in [-0.3, -0.25) is 4.79 Å². The Bertz CT molecular complexity index is 496. The van der Waals surface area contributed by atoms with Gasteiger partial charge in [0.15, 0.2) is 5.69 Å². The zero-order chi connectivity index (χ0) is 17.6. The number of hydrogen-bond donors (Lipinski definition) is 2. The molecule has 1 aliphatic heterocycles. The maximum absolute atomic E-state index is 11.9. The highest BCUT2D eigenvalue weighted by Crippen LogP contribution is 2.36. The number of carbonyl (C=O) groups excluding carboxylic acids is 1. The van der Waals surface area contributed by atoms with Gasteiger partial charge in [0, 0.05) is 5.70 Å². The highest BCUT2D eigenvalue weighted by Gasteiger charge is 2.45. The zero-order valence-electron chi connectivity index (χ0n) is 14.8. The molecular formula is C15H28N4O2S. The van der Waals surface area contributed by atoms with Crippen molar-refractivity contribution in [3.05, 3.63) is 23.7 Å². The molecule has 126 valence electrons. The van der Waals surface area contributed by atoms with Crippen molar-refractivity contribution in [3.63, 3.8) is 0 Å². The van der Waals surface area contributed by atoms with Crippen molar-refractivity contribution in [2.24, 2.45) is 0 Å². The Hall–Kier alpha value is -1.31. The molecule has 0 radical (unpaired) electrons. The topological polar surface area (TPSA) is 78.4 Å². The molecule has 0 bridgehead atoms. The Morgan fingerprint density at radius 1 is 1.23 bits per heavy atom. The van der Waals surface area contributed by atoms with Crippen LogP contribution in [0.3, 0.4) is 0 Å². The van der Waals surface area contributed by atoms with E-state index in [-0.39, 0.29) is 11.6 Å². The fraction of sp³-hybridized carbons (Fsp3) is 0.667. The van der Waals surface area contributed by atoms with E-state index in [4.69, 9.17) is 0 Å². The largest absolute Gasteiger partial charge is 0.323 e. The molecule has 1 aromatic rings. The molecule has 1 aromatic heterocycles. The van der Waals surface area contributed by atoms with E-state index in [1.54, 1.807) is 0 Å². The Morgan fingerprint density at radius 3 is 2.14 bits per heavy atom. The van der Waals surface area contributed by atoms with Crippen molar-refractivity contribution in [1.82, 2.24) is 19.1 Å². The van der Waals surface area contributed by atoms with Crippen molar-refractivity contribution < 1.29 is 10.0 Å². The molecule has 2 heterocycles. The summed E-state index contributed by atoms with van der Waals surface area (Å²) in [6.07, 6.45) is 3.26. The smallest absolute Gasteiger partial charge is 0.276 e. The predicted octanol–water partition coefficient (Wildman–Crippen LogP) is 3.47. The van der Waals surface area contributed by atoms with Gasteiger partial charge in [0.1, 0.15) is 0 Å². The SMILES string of the molecule is CC.CC.CC1(C)C=C(NC(=O)c2cnsn2)C(C)(C)N1O. The average Bonchev–Trinajstić information content (AvgIpc) is 3.08. The average molecular weight is 328 g/mol. The second-order valence-electron chi connectivity index (χ2n) is 5.33. The van der Waals surface area contributed by atoms with Crippen LogP contribution in [-0.4, -0.2) is 36.0 Å². The quantitative estimate of drug-likeness (QED) is 0.869. The zero-order valence-corrected chi connectivity index (χ0v) is 15.6. The van der Waals surface area contributed by atoms with Crippen LogP contribution in [0.5, 0.6) is 0 Å². The van der Waals surface area contributed by atoms with Crippen LogP contribution in [0.2, 0.25) is 0 Å². The van der Waals surface area contributed by atoms with Crippen molar-refractivity contribution in [1.29, 1.82) is 0 Å². The van der Waals surface area contributed by atoms with Gasteiger partial charge >= 0.3 is 0 Å². The summed E-state index contributed by atoms with van der Waals surface area (Å²) in [7, 11) is 0. The number of aromatic nitrogens is 2. The number of rotatable bonds is 2. The predicted molar refractivity (Wildman–Crippen MR) is 89.9 cm³/mol. The summed E-state index contributed by atoms with van der Waals surface area (Å²) in [4.78, 5) is 11.9. The van der Waals surface area contributed by atoms with Gasteiger partial charge in [0.25, 0.3) is 5.91 Å². The molecule has 0 unspecified atom stereocenters. The van der Waals surface area contributed by atoms with Crippen molar-refractivity contribution in [2.75, 3.05) is 0 Å². The molecule has 1 amide bonds. The van der Waals surface area contributed by atoms with Crippen LogP contribution < -0.4 is 5.32 Å². The third-order valence-corrected chi connectivity index (χ3v) is 3.55. The highest BCUT2D eigenvalue weighted by atomic mass is 32.1. The number of hydrogen-bond acceptors (Lipinski definition) is 6. The standard InChI is InChI=1S/C11H16N4O2S.2C2H6/c1-10(2)5-8(11(3,4)15(10)17)13-9(16)7-6-12-18-14-7;2*1-2/h5-6,17H,1-4H3,(H,13,16);2*1-2H3. The Kier molecular flexibility index (Phi) is 7.86. The Morgan fingerprint density at radius 2 is 1.77 bits per heavy atom. The first kappa shape index (κ1) is 20.7. The molecule has 0 fully saturated rings. The van der Waals surface area contributed by atoms with Gasteiger partial charge in [-0.15, -0.1) is 0 Å². The molecule has 0 aromatic carbocycles. The summed E-state index contributed by atoms with van der Waals surface area (Å²) in [5.74, 6) is -0.311. The monoisotopic (exact) mass is 328 g/mol. The minimum atomic E-state index is -0.650. The van der Waals surface area contributed by atoms with Crippen molar-refractivity contribution >= 4 is 17.6 Å². The third kappa shape index (κ3) is 4.34. The third-order valence-electron chi connectivity index (χ3n) is 3.07. The molecule has 7 heteroatoms. The second-order valence-corrected chi connectivity index (χ2v) is 5.89. The van der Waals surface area contributed by atoms with Gasteiger partial charge in [-0.2, -0.15) is 13.8 Å². The van der Waals surface area contributed by atoms with Crippen LogP contribution in [0.4, 0.5) is 0 Å². The van der Waals surface area contributed by atoms with Gasteiger partial charge in [0.05, 0.1) is 29.0 Å². The maximum Gasteiger partial charge on any atom is 0.276 e. The van der Waals surface area contributed by atoms with E-state index >= 15 is 0 Å². The lowest BCUT2D eigenvalue weighted by Crippen LogP contribution is -2.49. The fourth-order valence-electron chi connectivity index (χ4n) is 2.07. The van der Waals surface area contributed by atoms with E-state index in [1.165, 1.54) is 11.3 Å². The van der Waals surface area contributed by atoms with Gasteiger partial charge in [0.2, 0.25) is 0 Å². The van der Waals surface area contributed by atoms with Crippen LogP contribution in [0.1, 0.15) is 65.9 Å². The van der Waals surface area contributed by atoms with E-state index < -0.39 is 11.1 Å². The van der Waals surface area contributed by atoms with E-state index in [2.05, 4.69) is 14.1 Å². The summed E-state index contributed by atoms with van der Waals surface area (Å²) in [6.45, 7) is 15.4. The first-order valence-electron chi connectivity index (χ1n) is 7.56. The molecule has 6 nitrogen and oxygen atoms in total. The van der Waals surface area contributed by atoms with E-state index in [1.807, 2.05) is 61.5 Å². The lowest BCUT2D eigenvalue weighted by molar-refractivity contribution is -0.185.